The summed E-state index contributed by atoms with van der Waals surface area (Å²) in [5.74, 6) is -0.0974. The Morgan fingerprint density at radius 1 is 1.73 bits per heavy atom. The van der Waals surface area contributed by atoms with E-state index in [1.54, 1.807) is 0 Å². The first-order chi connectivity index (χ1) is 5.24. The second kappa shape index (κ2) is 3.24. The number of hydrogen-bond donors (Lipinski definition) is 1. The summed E-state index contributed by atoms with van der Waals surface area (Å²) in [6.07, 6.45) is 0.732. The summed E-state index contributed by atoms with van der Waals surface area (Å²) in [5, 5.41) is 17.1. The molecule has 0 spiro atoms. The standard InChI is InChI=1S/C7H10N2O2/c8-4-6-2-1-3-9(5-6)7(10)11/h6H,1-3,5H2,(H,10,11). The second-order valence-electron chi connectivity index (χ2n) is 2.70. The molecule has 0 bridgehead atoms. The van der Waals surface area contributed by atoms with Crippen LogP contribution in [0.3, 0.4) is 0 Å². The van der Waals surface area contributed by atoms with Crippen LogP contribution in [0.1, 0.15) is 12.8 Å². The summed E-state index contributed by atoms with van der Waals surface area (Å²) >= 11 is 0. The van der Waals surface area contributed by atoms with Gasteiger partial charge in [0.15, 0.2) is 0 Å². The largest absolute Gasteiger partial charge is 0.465 e. The molecule has 0 radical (unpaired) electrons. The predicted molar refractivity (Wildman–Crippen MR) is 37.9 cm³/mol. The van der Waals surface area contributed by atoms with Crippen molar-refractivity contribution < 1.29 is 9.90 Å². The third kappa shape index (κ3) is 1.84. The summed E-state index contributed by atoms with van der Waals surface area (Å²) < 4.78 is 0. The molecule has 4 nitrogen and oxygen atoms in total. The quantitative estimate of drug-likeness (QED) is 0.563. The Kier molecular flexibility index (Phi) is 2.32. The number of rotatable bonds is 0. The van der Waals surface area contributed by atoms with Gasteiger partial charge in [-0.05, 0) is 12.8 Å². The van der Waals surface area contributed by atoms with E-state index in [1.807, 2.05) is 0 Å². The molecule has 1 saturated heterocycles. The topological polar surface area (TPSA) is 64.3 Å². The number of nitrogens with zero attached hydrogens (tertiary/aromatic N) is 2. The van der Waals surface area contributed by atoms with Crippen LogP contribution in [-0.4, -0.2) is 29.2 Å². The van der Waals surface area contributed by atoms with Crippen LogP contribution in [0.5, 0.6) is 0 Å². The first-order valence-electron chi connectivity index (χ1n) is 3.61. The lowest BCUT2D eigenvalue weighted by Crippen LogP contribution is -2.38. The van der Waals surface area contributed by atoms with Gasteiger partial charge in [0.25, 0.3) is 0 Å². The van der Waals surface area contributed by atoms with E-state index in [0.29, 0.717) is 13.1 Å². The van der Waals surface area contributed by atoms with Crippen molar-refractivity contribution in [2.75, 3.05) is 13.1 Å². The Morgan fingerprint density at radius 2 is 2.45 bits per heavy atom. The maximum absolute atomic E-state index is 10.4. The summed E-state index contributed by atoms with van der Waals surface area (Å²) in [6.45, 7) is 0.958. The van der Waals surface area contributed by atoms with Crippen molar-refractivity contribution in [2.45, 2.75) is 12.8 Å². The van der Waals surface area contributed by atoms with Crippen LogP contribution in [0.4, 0.5) is 4.79 Å². The number of hydrogen-bond acceptors (Lipinski definition) is 2. The fourth-order valence-electron chi connectivity index (χ4n) is 1.26. The highest BCUT2D eigenvalue weighted by molar-refractivity contribution is 5.65. The van der Waals surface area contributed by atoms with E-state index >= 15 is 0 Å². The SMILES string of the molecule is N#CC1CCCN(C(=O)O)C1. The number of carbonyl (C=O) groups is 1. The minimum absolute atomic E-state index is 0.0974. The highest BCUT2D eigenvalue weighted by Gasteiger charge is 2.22. The molecule has 1 fully saturated rings. The van der Waals surface area contributed by atoms with Crippen molar-refractivity contribution in [2.24, 2.45) is 5.92 Å². The van der Waals surface area contributed by atoms with Crippen molar-refractivity contribution in [1.29, 1.82) is 5.26 Å². The van der Waals surface area contributed by atoms with Crippen molar-refractivity contribution in [3.05, 3.63) is 0 Å². The van der Waals surface area contributed by atoms with Gasteiger partial charge in [-0.25, -0.2) is 4.79 Å². The molecule has 1 unspecified atom stereocenters. The molecule has 1 aliphatic rings. The van der Waals surface area contributed by atoms with Gasteiger partial charge in [-0.15, -0.1) is 0 Å². The molecule has 11 heavy (non-hydrogen) atoms. The van der Waals surface area contributed by atoms with Gasteiger partial charge in [0.05, 0.1) is 12.0 Å². The van der Waals surface area contributed by atoms with Crippen LogP contribution < -0.4 is 0 Å². The lowest BCUT2D eigenvalue weighted by molar-refractivity contribution is 0.128. The van der Waals surface area contributed by atoms with Gasteiger partial charge in [-0.2, -0.15) is 5.26 Å². The van der Waals surface area contributed by atoms with E-state index in [0.717, 1.165) is 12.8 Å². The summed E-state index contributed by atoms with van der Waals surface area (Å²) in [7, 11) is 0. The average Bonchev–Trinajstić information content (AvgIpc) is 2.05. The smallest absolute Gasteiger partial charge is 0.407 e. The van der Waals surface area contributed by atoms with Crippen molar-refractivity contribution in [3.8, 4) is 6.07 Å². The highest BCUT2D eigenvalue weighted by Crippen LogP contribution is 2.14. The van der Waals surface area contributed by atoms with Gasteiger partial charge in [0.2, 0.25) is 0 Å². The van der Waals surface area contributed by atoms with Gasteiger partial charge in [-0.1, -0.05) is 0 Å². The maximum atomic E-state index is 10.4. The molecule has 1 rings (SSSR count). The molecule has 4 heteroatoms. The van der Waals surface area contributed by atoms with E-state index in [2.05, 4.69) is 6.07 Å². The number of piperidine rings is 1. The maximum Gasteiger partial charge on any atom is 0.407 e. The molecule has 0 aromatic rings. The predicted octanol–water partition coefficient (Wildman–Crippen LogP) is 0.900. The normalized spacial score (nSPS) is 24.3. The Morgan fingerprint density at radius 3 is 3.00 bits per heavy atom. The molecule has 1 aliphatic heterocycles. The zero-order valence-electron chi connectivity index (χ0n) is 6.16. The fraction of sp³-hybridized carbons (Fsp3) is 0.714. The molecule has 1 N–H and O–H groups in total. The highest BCUT2D eigenvalue weighted by atomic mass is 16.4. The Labute approximate surface area is 65.0 Å². The lowest BCUT2D eigenvalue weighted by atomic mass is 10.0. The van der Waals surface area contributed by atoms with Gasteiger partial charge in [0.1, 0.15) is 0 Å². The number of carboxylic acid groups (broad SMARTS) is 1. The minimum atomic E-state index is -0.912. The summed E-state index contributed by atoms with van der Waals surface area (Å²) in [6, 6.07) is 2.08. The van der Waals surface area contributed by atoms with Crippen LogP contribution >= 0.6 is 0 Å². The molecule has 0 saturated carbocycles. The number of likely N-dealkylation sites (tertiary alicyclic amines) is 1. The van der Waals surface area contributed by atoms with Crippen LogP contribution in [0, 0.1) is 17.2 Å². The first-order valence-corrected chi connectivity index (χ1v) is 3.61. The lowest BCUT2D eigenvalue weighted by Gasteiger charge is -2.26. The molecule has 0 aromatic carbocycles. The molecular formula is C7H10N2O2. The van der Waals surface area contributed by atoms with E-state index < -0.39 is 6.09 Å². The Bertz CT molecular complexity index is 197. The first kappa shape index (κ1) is 7.86. The van der Waals surface area contributed by atoms with Crippen molar-refractivity contribution >= 4 is 6.09 Å². The number of amides is 1. The fourth-order valence-corrected chi connectivity index (χ4v) is 1.26. The number of nitriles is 1. The summed E-state index contributed by atoms with van der Waals surface area (Å²) in [4.78, 5) is 11.7. The van der Waals surface area contributed by atoms with E-state index in [4.69, 9.17) is 10.4 Å². The van der Waals surface area contributed by atoms with E-state index in [-0.39, 0.29) is 5.92 Å². The van der Waals surface area contributed by atoms with Crippen molar-refractivity contribution in [1.82, 2.24) is 4.90 Å². The Balaban J connectivity index is 2.47. The Hall–Kier alpha value is -1.24. The minimum Gasteiger partial charge on any atom is -0.465 e. The molecule has 1 amide bonds. The van der Waals surface area contributed by atoms with Gasteiger partial charge in [0, 0.05) is 13.1 Å². The molecular weight excluding hydrogens is 144 g/mol. The monoisotopic (exact) mass is 154 g/mol. The third-order valence-electron chi connectivity index (χ3n) is 1.87. The zero-order valence-corrected chi connectivity index (χ0v) is 6.16. The third-order valence-corrected chi connectivity index (χ3v) is 1.87. The van der Waals surface area contributed by atoms with E-state index in [9.17, 15) is 4.79 Å². The summed E-state index contributed by atoms with van der Waals surface area (Å²) in [5.41, 5.74) is 0. The van der Waals surface area contributed by atoms with Gasteiger partial charge < -0.3 is 10.0 Å². The van der Waals surface area contributed by atoms with Crippen LogP contribution in [0.25, 0.3) is 0 Å². The molecule has 0 aliphatic carbocycles. The second-order valence-corrected chi connectivity index (χ2v) is 2.70. The van der Waals surface area contributed by atoms with Crippen LogP contribution in [0.15, 0.2) is 0 Å². The zero-order chi connectivity index (χ0) is 8.27. The van der Waals surface area contributed by atoms with E-state index in [1.165, 1.54) is 4.90 Å². The van der Waals surface area contributed by atoms with Crippen LogP contribution in [0.2, 0.25) is 0 Å². The average molecular weight is 154 g/mol. The van der Waals surface area contributed by atoms with Crippen molar-refractivity contribution in [3.63, 3.8) is 0 Å². The molecule has 1 heterocycles. The van der Waals surface area contributed by atoms with Crippen LogP contribution in [-0.2, 0) is 0 Å². The molecule has 1 atom stereocenters. The van der Waals surface area contributed by atoms with Gasteiger partial charge >= 0.3 is 6.09 Å². The van der Waals surface area contributed by atoms with Gasteiger partial charge in [-0.3, -0.25) is 0 Å². The molecule has 0 aromatic heterocycles. The molecule has 60 valence electrons.